The van der Waals surface area contributed by atoms with Crippen LogP contribution in [0, 0.1) is 11.7 Å². The summed E-state index contributed by atoms with van der Waals surface area (Å²) in [6, 6.07) is 12.2. The molecule has 1 heterocycles. The molecule has 5 rings (SSSR count). The van der Waals surface area contributed by atoms with E-state index in [9.17, 15) is 9.18 Å². The maximum Gasteiger partial charge on any atom is 0.251 e. The van der Waals surface area contributed by atoms with Gasteiger partial charge in [-0.15, -0.1) is 0 Å². The van der Waals surface area contributed by atoms with E-state index >= 15 is 0 Å². The largest absolute Gasteiger partial charge is 0.495 e. The van der Waals surface area contributed by atoms with Crippen LogP contribution in [0.4, 0.5) is 10.1 Å². The van der Waals surface area contributed by atoms with Gasteiger partial charge in [-0.2, -0.15) is 0 Å². The maximum atomic E-state index is 13.7. The molecule has 0 radical (unpaired) electrons. The van der Waals surface area contributed by atoms with Crippen molar-refractivity contribution in [2.24, 2.45) is 10.9 Å². The van der Waals surface area contributed by atoms with Crippen molar-refractivity contribution in [2.45, 2.75) is 63.8 Å². The quantitative estimate of drug-likeness (QED) is 0.207. The molecule has 2 fully saturated rings. The summed E-state index contributed by atoms with van der Waals surface area (Å²) in [6.45, 7) is 4.67. The number of ether oxygens (including phenoxy) is 2. The highest BCUT2D eigenvalue weighted by atomic mass is 19.1. The smallest absolute Gasteiger partial charge is 0.251 e. The average molecular weight is 559 g/mol. The number of aromatic nitrogens is 1. The predicted octanol–water partition coefficient (Wildman–Crippen LogP) is 6.51. The molecule has 0 spiro atoms. The first-order chi connectivity index (χ1) is 19.8. The molecule has 7 nitrogen and oxygen atoms in total. The summed E-state index contributed by atoms with van der Waals surface area (Å²) in [6.07, 6.45) is 7.22. The van der Waals surface area contributed by atoms with E-state index in [0.29, 0.717) is 52.5 Å². The van der Waals surface area contributed by atoms with Gasteiger partial charge in [-0.25, -0.2) is 9.37 Å². The molecule has 1 aromatic heterocycles. The zero-order chi connectivity index (χ0) is 29.1. The summed E-state index contributed by atoms with van der Waals surface area (Å²) in [5.74, 6) is 1.24. The molecule has 8 heteroatoms. The highest BCUT2D eigenvalue weighted by Crippen LogP contribution is 2.43. The Balaban J connectivity index is 1.46. The van der Waals surface area contributed by atoms with Crippen LogP contribution in [-0.4, -0.2) is 43.9 Å². The number of pyridine rings is 1. The van der Waals surface area contributed by atoms with E-state index in [2.05, 4.69) is 30.2 Å². The molecule has 0 aliphatic heterocycles. The maximum absolute atomic E-state index is 13.7. The van der Waals surface area contributed by atoms with Gasteiger partial charge in [0, 0.05) is 46.6 Å². The van der Waals surface area contributed by atoms with E-state index in [1.807, 2.05) is 0 Å². The van der Waals surface area contributed by atoms with Crippen molar-refractivity contribution in [1.29, 1.82) is 0 Å². The molecule has 3 aromatic rings. The van der Waals surface area contributed by atoms with Gasteiger partial charge >= 0.3 is 0 Å². The number of aliphatic imine (C=N–C) groups is 1. The number of anilines is 1. The highest BCUT2D eigenvalue weighted by Gasteiger charge is 2.32. The van der Waals surface area contributed by atoms with Crippen molar-refractivity contribution in [3.8, 4) is 22.8 Å². The second-order valence-electron chi connectivity index (χ2n) is 11.4. The molecular formula is C33H39FN4O3. The van der Waals surface area contributed by atoms with E-state index in [-0.39, 0.29) is 23.6 Å². The number of nitrogens with two attached hydrogens (primary N) is 1. The van der Waals surface area contributed by atoms with E-state index in [1.54, 1.807) is 44.7 Å². The Labute approximate surface area is 241 Å². The van der Waals surface area contributed by atoms with Gasteiger partial charge in [0.1, 0.15) is 23.0 Å². The van der Waals surface area contributed by atoms with Crippen LogP contribution in [0.15, 0.2) is 47.5 Å². The minimum Gasteiger partial charge on any atom is -0.495 e. The molecule has 216 valence electrons. The first kappa shape index (κ1) is 28.6. The number of carbonyl (C=O) groups is 1. The third-order valence-corrected chi connectivity index (χ3v) is 8.17. The first-order valence-corrected chi connectivity index (χ1v) is 14.4. The molecule has 2 aliphatic rings. The highest BCUT2D eigenvalue weighted by molar-refractivity contribution is 5.99. The monoisotopic (exact) mass is 558 g/mol. The number of carbonyl (C=O) groups excluding carboxylic acids is 1. The third-order valence-electron chi connectivity index (χ3n) is 8.17. The van der Waals surface area contributed by atoms with Crippen molar-refractivity contribution in [1.82, 2.24) is 10.3 Å². The Kier molecular flexibility index (Phi) is 8.57. The van der Waals surface area contributed by atoms with Gasteiger partial charge in [0.2, 0.25) is 0 Å². The second kappa shape index (κ2) is 12.3. The summed E-state index contributed by atoms with van der Waals surface area (Å²) >= 11 is 0. The molecule has 3 N–H and O–H groups in total. The number of nitrogens with zero attached hydrogens (tertiary/aromatic N) is 2. The van der Waals surface area contributed by atoms with Gasteiger partial charge in [-0.1, -0.05) is 20.3 Å². The van der Waals surface area contributed by atoms with Crippen LogP contribution in [0.25, 0.3) is 11.3 Å². The lowest BCUT2D eigenvalue weighted by Gasteiger charge is -2.34. The van der Waals surface area contributed by atoms with Crippen molar-refractivity contribution in [2.75, 3.05) is 26.5 Å². The Morgan fingerprint density at radius 2 is 1.85 bits per heavy atom. The van der Waals surface area contributed by atoms with Gasteiger partial charge in [0.15, 0.2) is 0 Å². The Morgan fingerprint density at radius 1 is 1.12 bits per heavy atom. The van der Waals surface area contributed by atoms with Gasteiger partial charge in [0.25, 0.3) is 5.91 Å². The number of nitrogens with one attached hydrogen (secondary N) is 1. The lowest BCUT2D eigenvalue weighted by Crippen LogP contribution is -2.34. The molecule has 1 amide bonds. The number of methoxy groups -OCH3 is 2. The van der Waals surface area contributed by atoms with Crippen LogP contribution < -0.4 is 20.5 Å². The third kappa shape index (κ3) is 6.37. The molecule has 41 heavy (non-hydrogen) atoms. The van der Waals surface area contributed by atoms with Gasteiger partial charge in [0.05, 0.1) is 25.9 Å². The van der Waals surface area contributed by atoms with Crippen LogP contribution in [0.5, 0.6) is 11.5 Å². The Hall–Kier alpha value is -3.94. The van der Waals surface area contributed by atoms with Crippen molar-refractivity contribution in [3.05, 3.63) is 70.7 Å². The van der Waals surface area contributed by atoms with Crippen molar-refractivity contribution in [3.63, 3.8) is 0 Å². The lowest BCUT2D eigenvalue weighted by atomic mass is 9.74. The molecule has 0 bridgehead atoms. The van der Waals surface area contributed by atoms with Crippen LogP contribution in [0.3, 0.4) is 0 Å². The fourth-order valence-corrected chi connectivity index (χ4v) is 5.33. The van der Waals surface area contributed by atoms with E-state index in [0.717, 1.165) is 48.9 Å². The normalized spacial score (nSPS) is 16.0. The Morgan fingerprint density at radius 3 is 2.44 bits per heavy atom. The number of benzene rings is 2. The molecular weight excluding hydrogens is 519 g/mol. The van der Waals surface area contributed by atoms with E-state index < -0.39 is 0 Å². The first-order valence-electron chi connectivity index (χ1n) is 14.4. The number of nitrogen functional groups attached to an aromatic ring is 1. The molecule has 1 atom stereocenters. The number of hydrogen-bond acceptors (Lipinski definition) is 6. The molecule has 0 saturated heterocycles. The van der Waals surface area contributed by atoms with Crippen LogP contribution >= 0.6 is 0 Å². The van der Waals surface area contributed by atoms with Crippen molar-refractivity contribution < 1.29 is 18.7 Å². The number of amides is 1. The minimum absolute atomic E-state index is 0.0156. The predicted molar refractivity (Wildman–Crippen MR) is 161 cm³/mol. The lowest BCUT2D eigenvalue weighted by molar-refractivity contribution is 0.0943. The molecule has 2 saturated carbocycles. The molecule has 2 aromatic carbocycles. The summed E-state index contributed by atoms with van der Waals surface area (Å²) < 4.78 is 25.0. The Bertz CT molecular complexity index is 1430. The second-order valence-corrected chi connectivity index (χ2v) is 11.4. The summed E-state index contributed by atoms with van der Waals surface area (Å²) in [5, 5.41) is 3.17. The van der Waals surface area contributed by atoms with E-state index in [1.165, 1.54) is 12.1 Å². The number of halogens is 1. The number of rotatable bonds is 11. The average Bonchev–Trinajstić information content (AvgIpc) is 3.77. The van der Waals surface area contributed by atoms with Crippen LogP contribution in [-0.2, 0) is 0 Å². The topological polar surface area (TPSA) is 98.8 Å². The fourth-order valence-electron chi connectivity index (χ4n) is 5.33. The minimum atomic E-state index is -0.302. The number of hydrogen-bond donors (Lipinski definition) is 2. The zero-order valence-corrected chi connectivity index (χ0v) is 24.2. The molecule has 1 unspecified atom stereocenters. The molecule has 2 aliphatic carbocycles. The van der Waals surface area contributed by atoms with Crippen LogP contribution in [0.1, 0.15) is 85.0 Å². The van der Waals surface area contributed by atoms with Crippen molar-refractivity contribution >= 4 is 17.8 Å². The SMILES string of the molecule is COc1cc(C(=O)NCC(c2cc(C(C)C)c(OC)c(-c3ccc(F)cc3)n2)C2CCC2)cc(C=NC2CC2)c1N. The summed E-state index contributed by atoms with van der Waals surface area (Å²) in [5.41, 5.74) is 11.3. The standard InChI is InChI=1S/C33H39FN4O3/c1-19(2)26-16-28(38-31(32(26)41-4)21-8-10-24(34)11-9-21)27(20-6-5-7-20)18-37-33(39)22-14-23(17-36-25-12-13-25)30(35)29(15-22)40-3/h8-11,14-17,19-20,25,27H,5-7,12-13,18,35H2,1-4H3,(H,37,39). The van der Waals surface area contributed by atoms with Gasteiger partial charge < -0.3 is 20.5 Å². The summed E-state index contributed by atoms with van der Waals surface area (Å²) in [4.78, 5) is 23.1. The van der Waals surface area contributed by atoms with Gasteiger partial charge in [-0.3, -0.25) is 9.79 Å². The fraction of sp³-hybridized carbons (Fsp3) is 0.424. The zero-order valence-electron chi connectivity index (χ0n) is 24.2. The van der Waals surface area contributed by atoms with Crippen LogP contribution in [0.2, 0.25) is 0 Å². The van der Waals surface area contributed by atoms with Gasteiger partial charge in [-0.05, 0) is 80.0 Å². The summed E-state index contributed by atoms with van der Waals surface area (Å²) in [7, 11) is 3.19. The van der Waals surface area contributed by atoms with E-state index in [4.69, 9.17) is 20.2 Å².